The Balaban J connectivity index is 2.23. The Labute approximate surface area is 126 Å². The maximum atomic E-state index is 12.3. The molecule has 0 aromatic heterocycles. The van der Waals surface area contributed by atoms with Gasteiger partial charge in [0, 0.05) is 6.04 Å². The molecule has 1 atom stereocenters. The van der Waals surface area contributed by atoms with Gasteiger partial charge < -0.3 is 9.47 Å². The van der Waals surface area contributed by atoms with E-state index in [1.807, 2.05) is 38.1 Å². The first-order valence-electron chi connectivity index (χ1n) is 7.69. The molecule has 1 saturated carbocycles. The fourth-order valence-electron chi connectivity index (χ4n) is 2.99. The largest absolute Gasteiger partial charge is 0.494 e. The van der Waals surface area contributed by atoms with Gasteiger partial charge in [-0.2, -0.15) is 0 Å². The minimum absolute atomic E-state index is 0.251. The van der Waals surface area contributed by atoms with E-state index >= 15 is 0 Å². The number of esters is 1. The molecule has 4 heteroatoms. The number of rotatable bonds is 6. The number of carbonyl (C=O) groups is 1. The minimum atomic E-state index is -0.811. The molecule has 0 saturated heterocycles. The average molecular weight is 291 g/mol. The summed E-state index contributed by atoms with van der Waals surface area (Å²) in [6.45, 7) is 4.48. The van der Waals surface area contributed by atoms with Crippen LogP contribution in [0.4, 0.5) is 0 Å². The minimum Gasteiger partial charge on any atom is -0.494 e. The second kappa shape index (κ2) is 6.94. The van der Waals surface area contributed by atoms with Crippen molar-refractivity contribution < 1.29 is 14.3 Å². The van der Waals surface area contributed by atoms with E-state index in [1.165, 1.54) is 20.0 Å². The van der Waals surface area contributed by atoms with Crippen molar-refractivity contribution in [3.63, 3.8) is 0 Å². The van der Waals surface area contributed by atoms with Gasteiger partial charge in [-0.3, -0.25) is 5.32 Å². The van der Waals surface area contributed by atoms with Crippen molar-refractivity contribution in [1.29, 1.82) is 0 Å². The summed E-state index contributed by atoms with van der Waals surface area (Å²) >= 11 is 0. The summed E-state index contributed by atoms with van der Waals surface area (Å²) in [5.41, 5.74) is 0.0961. The second-order valence-electron chi connectivity index (χ2n) is 5.70. The van der Waals surface area contributed by atoms with Crippen LogP contribution in [0, 0.1) is 0 Å². The molecule has 0 amide bonds. The maximum absolute atomic E-state index is 12.3. The van der Waals surface area contributed by atoms with E-state index in [9.17, 15) is 4.79 Å². The Morgan fingerprint density at radius 1 is 1.29 bits per heavy atom. The first kappa shape index (κ1) is 15.8. The molecule has 1 N–H and O–H groups in total. The number of methoxy groups -OCH3 is 1. The van der Waals surface area contributed by atoms with Crippen LogP contribution < -0.4 is 10.1 Å². The van der Waals surface area contributed by atoms with Crippen LogP contribution >= 0.6 is 0 Å². The van der Waals surface area contributed by atoms with Crippen LogP contribution in [0.25, 0.3) is 0 Å². The summed E-state index contributed by atoms with van der Waals surface area (Å²) in [6, 6.07) is 8.04. The second-order valence-corrected chi connectivity index (χ2v) is 5.70. The van der Waals surface area contributed by atoms with Crippen LogP contribution in [-0.2, 0) is 15.1 Å². The van der Waals surface area contributed by atoms with Gasteiger partial charge in [0.1, 0.15) is 11.3 Å². The molecule has 2 rings (SSSR count). The highest BCUT2D eigenvalue weighted by atomic mass is 16.5. The van der Waals surface area contributed by atoms with Crippen molar-refractivity contribution in [2.75, 3.05) is 13.7 Å². The van der Waals surface area contributed by atoms with Crippen LogP contribution in [0.15, 0.2) is 24.3 Å². The van der Waals surface area contributed by atoms with Gasteiger partial charge in [0.25, 0.3) is 0 Å². The van der Waals surface area contributed by atoms with Gasteiger partial charge in [-0.1, -0.05) is 25.0 Å². The van der Waals surface area contributed by atoms with Crippen molar-refractivity contribution in [1.82, 2.24) is 5.32 Å². The summed E-state index contributed by atoms with van der Waals surface area (Å²) in [4.78, 5) is 12.3. The molecule has 1 aliphatic rings. The number of benzene rings is 1. The fourth-order valence-corrected chi connectivity index (χ4v) is 2.99. The monoisotopic (exact) mass is 291 g/mol. The highest BCUT2D eigenvalue weighted by Gasteiger charge is 2.38. The highest BCUT2D eigenvalue weighted by Crippen LogP contribution is 2.29. The normalized spacial score (nSPS) is 18.2. The number of ether oxygens (including phenoxy) is 2. The SMILES string of the molecule is CCOc1ccc(C(C)(NC2CCCC2)C(=O)OC)cc1. The number of hydrogen-bond donors (Lipinski definition) is 1. The standard InChI is InChI=1S/C17H25NO3/c1-4-21-15-11-9-13(10-12-15)17(2,16(19)20-3)18-14-7-5-6-8-14/h9-12,14,18H,4-8H2,1-3H3. The molecule has 0 aliphatic heterocycles. The summed E-state index contributed by atoms with van der Waals surface area (Å²) in [5, 5.41) is 3.50. The van der Waals surface area contributed by atoms with E-state index in [1.54, 1.807) is 0 Å². The summed E-state index contributed by atoms with van der Waals surface area (Å²) in [6.07, 6.45) is 4.67. The van der Waals surface area contributed by atoms with E-state index in [0.717, 1.165) is 24.2 Å². The van der Waals surface area contributed by atoms with Gasteiger partial charge in [0.2, 0.25) is 0 Å². The predicted octanol–water partition coefficient (Wildman–Crippen LogP) is 3.01. The number of nitrogens with one attached hydrogen (secondary N) is 1. The van der Waals surface area contributed by atoms with E-state index in [4.69, 9.17) is 9.47 Å². The lowest BCUT2D eigenvalue weighted by Gasteiger charge is -2.32. The van der Waals surface area contributed by atoms with Gasteiger partial charge in [0.15, 0.2) is 0 Å². The molecular weight excluding hydrogens is 266 g/mol. The van der Waals surface area contributed by atoms with Crippen molar-refractivity contribution >= 4 is 5.97 Å². The molecular formula is C17H25NO3. The molecule has 0 spiro atoms. The quantitative estimate of drug-likeness (QED) is 0.819. The Morgan fingerprint density at radius 3 is 2.43 bits per heavy atom. The summed E-state index contributed by atoms with van der Waals surface area (Å²) < 4.78 is 10.5. The van der Waals surface area contributed by atoms with Gasteiger partial charge in [0.05, 0.1) is 13.7 Å². The highest BCUT2D eigenvalue weighted by molar-refractivity contribution is 5.82. The molecule has 0 radical (unpaired) electrons. The molecule has 0 heterocycles. The Bertz CT molecular complexity index is 465. The summed E-state index contributed by atoms with van der Waals surface area (Å²) in [7, 11) is 1.44. The van der Waals surface area contributed by atoms with Crippen LogP contribution in [0.3, 0.4) is 0 Å². The molecule has 1 fully saturated rings. The lowest BCUT2D eigenvalue weighted by Crippen LogP contribution is -2.51. The van der Waals surface area contributed by atoms with E-state index in [2.05, 4.69) is 5.32 Å². The van der Waals surface area contributed by atoms with Gasteiger partial charge in [-0.05, 0) is 44.4 Å². The molecule has 1 aliphatic carbocycles. The Hall–Kier alpha value is -1.55. The van der Waals surface area contributed by atoms with E-state index in [-0.39, 0.29) is 5.97 Å². The molecule has 21 heavy (non-hydrogen) atoms. The third-order valence-electron chi connectivity index (χ3n) is 4.18. The average Bonchev–Trinajstić information content (AvgIpc) is 3.00. The first-order chi connectivity index (χ1) is 10.1. The van der Waals surface area contributed by atoms with Gasteiger partial charge in [-0.25, -0.2) is 4.79 Å². The number of hydrogen-bond acceptors (Lipinski definition) is 4. The molecule has 1 aromatic carbocycles. The third kappa shape index (κ3) is 3.56. The zero-order valence-electron chi connectivity index (χ0n) is 13.1. The van der Waals surface area contributed by atoms with Crippen molar-refractivity contribution in [3.05, 3.63) is 29.8 Å². The van der Waals surface area contributed by atoms with E-state index in [0.29, 0.717) is 12.6 Å². The van der Waals surface area contributed by atoms with Crippen molar-refractivity contribution in [2.45, 2.75) is 51.1 Å². The van der Waals surface area contributed by atoms with Crippen LogP contribution in [0.2, 0.25) is 0 Å². The number of carbonyl (C=O) groups excluding carboxylic acids is 1. The van der Waals surface area contributed by atoms with Crippen LogP contribution in [0.1, 0.15) is 45.1 Å². The Kier molecular flexibility index (Phi) is 5.23. The van der Waals surface area contributed by atoms with Crippen molar-refractivity contribution in [2.24, 2.45) is 0 Å². The first-order valence-corrected chi connectivity index (χ1v) is 7.69. The Morgan fingerprint density at radius 2 is 1.90 bits per heavy atom. The van der Waals surface area contributed by atoms with Gasteiger partial charge >= 0.3 is 5.97 Å². The molecule has 1 unspecified atom stereocenters. The zero-order valence-corrected chi connectivity index (χ0v) is 13.1. The zero-order chi connectivity index (χ0) is 15.3. The third-order valence-corrected chi connectivity index (χ3v) is 4.18. The topological polar surface area (TPSA) is 47.6 Å². The fraction of sp³-hybridized carbons (Fsp3) is 0.588. The van der Waals surface area contributed by atoms with Crippen LogP contribution in [0.5, 0.6) is 5.75 Å². The molecule has 1 aromatic rings. The predicted molar refractivity (Wildman–Crippen MR) is 82.4 cm³/mol. The van der Waals surface area contributed by atoms with Gasteiger partial charge in [-0.15, -0.1) is 0 Å². The summed E-state index contributed by atoms with van der Waals surface area (Å²) in [5.74, 6) is 0.563. The lowest BCUT2D eigenvalue weighted by atomic mass is 9.90. The molecule has 4 nitrogen and oxygen atoms in total. The smallest absolute Gasteiger partial charge is 0.330 e. The van der Waals surface area contributed by atoms with Crippen LogP contribution in [-0.4, -0.2) is 25.7 Å². The maximum Gasteiger partial charge on any atom is 0.330 e. The van der Waals surface area contributed by atoms with Crippen molar-refractivity contribution in [3.8, 4) is 5.75 Å². The molecule has 0 bridgehead atoms. The van der Waals surface area contributed by atoms with E-state index < -0.39 is 5.54 Å². The lowest BCUT2D eigenvalue weighted by molar-refractivity contribution is -0.148. The molecule has 116 valence electrons.